The molecule has 0 fully saturated rings. The molecule has 0 aliphatic heterocycles. The van der Waals surface area contributed by atoms with E-state index in [0.29, 0.717) is 6.54 Å². The number of rotatable bonds is 7. The van der Waals surface area contributed by atoms with Crippen LogP contribution in [-0.2, 0) is 6.42 Å². The maximum atomic E-state index is 5.40. The first-order valence-corrected chi connectivity index (χ1v) is 6.89. The molecule has 1 nitrogen and oxygen atoms in total. The van der Waals surface area contributed by atoms with Crippen LogP contribution >= 0.6 is 0 Å². The monoisotopic (exact) mass is 265 g/mol. The average molecular weight is 265 g/mol. The summed E-state index contributed by atoms with van der Waals surface area (Å²) in [5.74, 6) is 0. The van der Waals surface area contributed by atoms with Gasteiger partial charge in [-0.1, -0.05) is 79.5 Å². The highest BCUT2D eigenvalue weighted by Gasteiger charge is 2.02. The minimum Gasteiger partial charge on any atom is -0.327 e. The molecule has 0 unspecified atom stereocenters. The Bertz CT molecular complexity index is 530. The smallest absolute Gasteiger partial charge is 0.0109 e. The molecule has 1 heteroatoms. The van der Waals surface area contributed by atoms with Gasteiger partial charge >= 0.3 is 0 Å². The Morgan fingerprint density at radius 3 is 2.60 bits per heavy atom. The van der Waals surface area contributed by atoms with Gasteiger partial charge in [-0.15, -0.1) is 0 Å². The number of allylic oxidation sites excluding steroid dienone is 8. The average Bonchev–Trinajstić information content (AvgIpc) is 2.49. The van der Waals surface area contributed by atoms with E-state index >= 15 is 0 Å². The van der Waals surface area contributed by atoms with Crippen LogP contribution in [0, 0.1) is 0 Å². The lowest BCUT2D eigenvalue weighted by Gasteiger charge is -2.08. The topological polar surface area (TPSA) is 26.0 Å². The van der Waals surface area contributed by atoms with Crippen LogP contribution in [0.5, 0.6) is 0 Å². The van der Waals surface area contributed by atoms with Crippen molar-refractivity contribution in [1.82, 2.24) is 0 Å². The van der Waals surface area contributed by atoms with Crippen LogP contribution in [0.15, 0.2) is 79.5 Å². The molecule has 0 spiro atoms. The van der Waals surface area contributed by atoms with Gasteiger partial charge in [-0.2, -0.15) is 0 Å². The Kier molecular flexibility index (Phi) is 7.78. The summed E-state index contributed by atoms with van der Waals surface area (Å²) in [6.45, 7) is 6.49. The van der Waals surface area contributed by atoms with Crippen molar-refractivity contribution in [3.8, 4) is 0 Å². The molecule has 1 aromatic rings. The van der Waals surface area contributed by atoms with Crippen LogP contribution in [0.2, 0.25) is 0 Å². The van der Waals surface area contributed by atoms with E-state index in [1.807, 2.05) is 43.4 Å². The minimum absolute atomic E-state index is 0.577. The number of hydrogen-bond acceptors (Lipinski definition) is 1. The zero-order valence-corrected chi connectivity index (χ0v) is 12.1. The fraction of sp³-hybridized carbons (Fsp3) is 0.158. The molecule has 2 N–H and O–H groups in total. The summed E-state index contributed by atoms with van der Waals surface area (Å²) in [5.41, 5.74) is 9.07. The Morgan fingerprint density at radius 1 is 1.15 bits per heavy atom. The van der Waals surface area contributed by atoms with Gasteiger partial charge in [0, 0.05) is 6.54 Å². The van der Waals surface area contributed by atoms with Crippen molar-refractivity contribution in [1.29, 1.82) is 0 Å². The highest BCUT2D eigenvalue weighted by Crippen LogP contribution is 2.21. The third-order valence-corrected chi connectivity index (χ3v) is 2.87. The largest absolute Gasteiger partial charge is 0.327 e. The predicted molar refractivity (Wildman–Crippen MR) is 90.5 cm³/mol. The Balaban J connectivity index is 2.95. The van der Waals surface area contributed by atoms with Crippen molar-refractivity contribution in [2.45, 2.75) is 13.3 Å². The fourth-order valence-corrected chi connectivity index (χ4v) is 1.88. The first-order chi connectivity index (χ1) is 9.83. The van der Waals surface area contributed by atoms with Gasteiger partial charge in [-0.3, -0.25) is 0 Å². The highest BCUT2D eigenvalue weighted by atomic mass is 14.5. The summed E-state index contributed by atoms with van der Waals surface area (Å²) < 4.78 is 0. The van der Waals surface area contributed by atoms with Gasteiger partial charge in [-0.25, -0.2) is 0 Å². The van der Waals surface area contributed by atoms with E-state index in [2.05, 4.69) is 43.0 Å². The SMILES string of the molecule is C=C/C(=C\C=C/C)c1ccccc1C/C=C\C=C/CN. The summed E-state index contributed by atoms with van der Waals surface area (Å²) in [4.78, 5) is 0. The number of nitrogens with two attached hydrogens (primary N) is 1. The van der Waals surface area contributed by atoms with Crippen molar-refractivity contribution in [2.75, 3.05) is 6.54 Å². The van der Waals surface area contributed by atoms with Crippen molar-refractivity contribution in [3.63, 3.8) is 0 Å². The first kappa shape index (κ1) is 15.9. The summed E-state index contributed by atoms with van der Waals surface area (Å²) in [5, 5.41) is 0. The van der Waals surface area contributed by atoms with Crippen molar-refractivity contribution >= 4 is 5.57 Å². The van der Waals surface area contributed by atoms with E-state index in [9.17, 15) is 0 Å². The van der Waals surface area contributed by atoms with E-state index in [-0.39, 0.29) is 0 Å². The molecular weight excluding hydrogens is 242 g/mol. The lowest BCUT2D eigenvalue weighted by atomic mass is 9.97. The molecule has 1 aromatic carbocycles. The lowest BCUT2D eigenvalue weighted by Crippen LogP contribution is -1.92. The number of hydrogen-bond donors (Lipinski definition) is 1. The zero-order valence-electron chi connectivity index (χ0n) is 12.1. The Labute approximate surface area is 122 Å². The fourth-order valence-electron chi connectivity index (χ4n) is 1.88. The maximum Gasteiger partial charge on any atom is 0.0109 e. The second kappa shape index (κ2) is 9.76. The molecule has 0 aliphatic carbocycles. The molecule has 0 atom stereocenters. The predicted octanol–water partition coefficient (Wildman–Crippen LogP) is 4.45. The van der Waals surface area contributed by atoms with Gasteiger partial charge in [-0.05, 0) is 30.0 Å². The van der Waals surface area contributed by atoms with Gasteiger partial charge < -0.3 is 5.73 Å². The minimum atomic E-state index is 0.577. The first-order valence-electron chi connectivity index (χ1n) is 6.89. The standard InChI is InChI=1S/C19H23N/c1-3-5-12-17(4-2)19-15-10-9-14-18(19)13-8-6-7-11-16-20/h3-12,14-15H,2,13,16,20H2,1H3/b5-3-,8-6-,11-7-,17-12+. The molecule has 0 saturated carbocycles. The summed E-state index contributed by atoms with van der Waals surface area (Å²) in [7, 11) is 0. The summed E-state index contributed by atoms with van der Waals surface area (Å²) in [6.07, 6.45) is 17.0. The van der Waals surface area contributed by atoms with Crippen LogP contribution in [-0.4, -0.2) is 6.54 Å². The van der Waals surface area contributed by atoms with Crippen LogP contribution in [0.4, 0.5) is 0 Å². The van der Waals surface area contributed by atoms with Crippen molar-refractivity contribution in [2.24, 2.45) is 5.73 Å². The summed E-state index contributed by atoms with van der Waals surface area (Å²) >= 11 is 0. The van der Waals surface area contributed by atoms with E-state index in [1.54, 1.807) is 0 Å². The van der Waals surface area contributed by atoms with Crippen LogP contribution in [0.25, 0.3) is 5.57 Å². The zero-order chi connectivity index (χ0) is 14.6. The molecule has 1 rings (SSSR count). The van der Waals surface area contributed by atoms with Gasteiger partial charge in [0.15, 0.2) is 0 Å². The molecule has 0 amide bonds. The lowest BCUT2D eigenvalue weighted by molar-refractivity contribution is 1.24. The van der Waals surface area contributed by atoms with E-state index in [4.69, 9.17) is 5.73 Å². The van der Waals surface area contributed by atoms with Crippen molar-refractivity contribution < 1.29 is 0 Å². The van der Waals surface area contributed by atoms with Crippen LogP contribution in [0.3, 0.4) is 0 Å². The summed E-state index contributed by atoms with van der Waals surface area (Å²) in [6, 6.07) is 8.41. The van der Waals surface area contributed by atoms with Crippen molar-refractivity contribution in [3.05, 3.63) is 90.6 Å². The van der Waals surface area contributed by atoms with E-state index in [0.717, 1.165) is 12.0 Å². The quantitative estimate of drug-likeness (QED) is 0.724. The maximum absolute atomic E-state index is 5.40. The van der Waals surface area contributed by atoms with Gasteiger partial charge in [0.1, 0.15) is 0 Å². The Hall–Kier alpha value is -2.12. The Morgan fingerprint density at radius 2 is 1.90 bits per heavy atom. The van der Waals surface area contributed by atoms with E-state index < -0.39 is 0 Å². The second-order valence-electron chi connectivity index (χ2n) is 4.31. The van der Waals surface area contributed by atoms with Crippen LogP contribution < -0.4 is 5.73 Å². The molecule has 0 aliphatic rings. The van der Waals surface area contributed by atoms with Gasteiger partial charge in [0.25, 0.3) is 0 Å². The molecule has 0 bridgehead atoms. The molecule has 0 saturated heterocycles. The molecule has 104 valence electrons. The highest BCUT2D eigenvalue weighted by molar-refractivity contribution is 5.76. The molecule has 0 radical (unpaired) electrons. The molecule has 0 aromatic heterocycles. The van der Waals surface area contributed by atoms with Gasteiger partial charge in [0.2, 0.25) is 0 Å². The molecule has 0 heterocycles. The third kappa shape index (κ3) is 5.25. The third-order valence-electron chi connectivity index (χ3n) is 2.87. The number of benzene rings is 1. The second-order valence-corrected chi connectivity index (χ2v) is 4.31. The van der Waals surface area contributed by atoms with Crippen LogP contribution in [0.1, 0.15) is 18.1 Å². The normalized spacial score (nSPS) is 12.8. The van der Waals surface area contributed by atoms with E-state index in [1.165, 1.54) is 11.1 Å². The van der Waals surface area contributed by atoms with Gasteiger partial charge in [0.05, 0.1) is 0 Å². The molecular formula is C19H23N. The molecule has 20 heavy (non-hydrogen) atoms.